The molecule has 14 nitrogen and oxygen atoms in total. The lowest BCUT2D eigenvalue weighted by molar-refractivity contribution is -0.143. The molecule has 0 aromatic carbocycles. The summed E-state index contributed by atoms with van der Waals surface area (Å²) < 4.78 is 0. The number of H-pyrrole nitrogens is 1. The Morgan fingerprint density at radius 2 is 1.73 bits per heavy atom. The van der Waals surface area contributed by atoms with Gasteiger partial charge in [-0.25, -0.2) is 9.78 Å². The summed E-state index contributed by atoms with van der Waals surface area (Å²) in [6.07, 6.45) is 2.02. The van der Waals surface area contributed by atoms with Gasteiger partial charge in [0.15, 0.2) is 0 Å². The fourth-order valence-electron chi connectivity index (χ4n) is 2.26. The summed E-state index contributed by atoms with van der Waals surface area (Å²) in [5.74, 6) is -4.85. The third kappa shape index (κ3) is 7.84. The highest BCUT2D eigenvalue weighted by Crippen LogP contribution is 2.02. The number of nitrogens with one attached hydrogen (secondary N) is 4. The molecular weight excluding hydrogens is 402 g/mol. The topological polar surface area (TPSA) is 243 Å². The zero-order valence-corrected chi connectivity index (χ0v) is 16.1. The van der Waals surface area contributed by atoms with Crippen molar-refractivity contribution in [2.45, 2.75) is 43.9 Å². The lowest BCUT2D eigenvalue weighted by Gasteiger charge is -2.23. The predicted octanol–water partition coefficient (Wildman–Crippen LogP) is -4.29. The summed E-state index contributed by atoms with van der Waals surface area (Å²) in [6.45, 7) is 0.705. The largest absolute Gasteiger partial charge is 0.480 e. The van der Waals surface area contributed by atoms with Crippen LogP contribution in [0.3, 0.4) is 0 Å². The molecule has 4 atom stereocenters. The van der Waals surface area contributed by atoms with Crippen molar-refractivity contribution in [1.82, 2.24) is 25.9 Å². The van der Waals surface area contributed by atoms with Gasteiger partial charge in [0.25, 0.3) is 0 Å². The van der Waals surface area contributed by atoms with Crippen molar-refractivity contribution < 1.29 is 34.2 Å². The van der Waals surface area contributed by atoms with E-state index in [-0.39, 0.29) is 6.42 Å². The first-order valence-electron chi connectivity index (χ1n) is 8.81. The summed E-state index contributed by atoms with van der Waals surface area (Å²) in [4.78, 5) is 65.5. The average Bonchev–Trinajstić information content (AvgIpc) is 3.18. The van der Waals surface area contributed by atoms with Crippen LogP contribution in [-0.4, -0.2) is 80.6 Å². The lowest BCUT2D eigenvalue weighted by Crippen LogP contribution is -2.57. The van der Waals surface area contributed by atoms with Crippen LogP contribution in [0.15, 0.2) is 12.5 Å². The second-order valence-corrected chi connectivity index (χ2v) is 6.43. The SMILES string of the molecule is CC(NC(=O)C(N)CO)C(=O)NC(Cc1cnc[nH]1)C(=O)NC(CC(N)=O)C(=O)O. The van der Waals surface area contributed by atoms with E-state index in [1.165, 1.54) is 19.4 Å². The Labute approximate surface area is 170 Å². The van der Waals surface area contributed by atoms with Gasteiger partial charge in [0.05, 0.1) is 19.4 Å². The van der Waals surface area contributed by atoms with E-state index in [2.05, 4.69) is 25.9 Å². The number of amides is 4. The molecule has 0 spiro atoms. The monoisotopic (exact) mass is 427 g/mol. The van der Waals surface area contributed by atoms with Crippen molar-refractivity contribution in [2.24, 2.45) is 11.5 Å². The van der Waals surface area contributed by atoms with Gasteiger partial charge in [-0.05, 0) is 6.92 Å². The lowest BCUT2D eigenvalue weighted by atomic mass is 10.1. The van der Waals surface area contributed by atoms with Crippen LogP contribution in [0.5, 0.6) is 0 Å². The number of carboxylic acid groups (broad SMARTS) is 1. The van der Waals surface area contributed by atoms with E-state index < -0.39 is 66.8 Å². The summed E-state index contributed by atoms with van der Waals surface area (Å²) in [6, 6.07) is -5.20. The van der Waals surface area contributed by atoms with Crippen molar-refractivity contribution in [3.05, 3.63) is 18.2 Å². The summed E-state index contributed by atoms with van der Waals surface area (Å²) in [5.41, 5.74) is 10.8. The smallest absolute Gasteiger partial charge is 0.326 e. The minimum atomic E-state index is -1.59. The van der Waals surface area contributed by atoms with Crippen LogP contribution in [0.25, 0.3) is 0 Å². The Morgan fingerprint density at radius 1 is 1.10 bits per heavy atom. The molecule has 0 saturated heterocycles. The normalized spacial score (nSPS) is 14.6. The van der Waals surface area contributed by atoms with E-state index in [1.807, 2.05) is 0 Å². The molecule has 0 fully saturated rings. The van der Waals surface area contributed by atoms with Crippen molar-refractivity contribution in [3.63, 3.8) is 0 Å². The summed E-state index contributed by atoms with van der Waals surface area (Å²) >= 11 is 0. The molecule has 1 aromatic heterocycles. The van der Waals surface area contributed by atoms with Gasteiger partial charge >= 0.3 is 5.97 Å². The maximum atomic E-state index is 12.6. The predicted molar refractivity (Wildman–Crippen MR) is 100 cm³/mol. The number of nitrogens with zero attached hydrogens (tertiary/aromatic N) is 1. The average molecular weight is 427 g/mol. The van der Waals surface area contributed by atoms with E-state index in [4.69, 9.17) is 21.7 Å². The van der Waals surface area contributed by atoms with Crippen LogP contribution in [0.1, 0.15) is 19.0 Å². The minimum Gasteiger partial charge on any atom is -0.480 e. The summed E-state index contributed by atoms with van der Waals surface area (Å²) in [7, 11) is 0. The molecule has 30 heavy (non-hydrogen) atoms. The number of nitrogens with two attached hydrogens (primary N) is 2. The molecule has 0 bridgehead atoms. The van der Waals surface area contributed by atoms with E-state index in [0.717, 1.165) is 0 Å². The first kappa shape index (κ1) is 24.5. The molecule has 4 amide bonds. The number of imidazole rings is 1. The molecule has 1 rings (SSSR count). The standard InChI is InChI=1S/C16H25N7O7/c1-7(21-14(27)9(17)5-24)13(26)22-10(2-8-4-19-6-20-8)15(28)23-11(16(29)30)3-12(18)25/h4,6-7,9-11,24H,2-3,5,17H2,1H3,(H2,18,25)(H,19,20)(H,21,27)(H,22,26)(H,23,28)(H,29,30). The molecule has 166 valence electrons. The van der Waals surface area contributed by atoms with Gasteiger partial charge in [-0.3, -0.25) is 19.2 Å². The first-order valence-corrected chi connectivity index (χ1v) is 8.81. The third-order valence-electron chi connectivity index (χ3n) is 3.92. The number of aliphatic hydroxyl groups is 1. The number of carbonyl (C=O) groups is 5. The molecule has 14 heteroatoms. The van der Waals surface area contributed by atoms with Gasteiger partial charge in [-0.15, -0.1) is 0 Å². The highest BCUT2D eigenvalue weighted by Gasteiger charge is 2.30. The van der Waals surface area contributed by atoms with Crippen LogP contribution >= 0.6 is 0 Å². The minimum absolute atomic E-state index is 0.0860. The number of aromatic amines is 1. The molecule has 0 saturated carbocycles. The second kappa shape index (κ2) is 11.5. The third-order valence-corrected chi connectivity index (χ3v) is 3.92. The highest BCUT2D eigenvalue weighted by molar-refractivity contribution is 5.94. The fraction of sp³-hybridized carbons (Fsp3) is 0.500. The quantitative estimate of drug-likeness (QED) is 0.161. The second-order valence-electron chi connectivity index (χ2n) is 6.43. The van der Waals surface area contributed by atoms with Crippen molar-refractivity contribution in [1.29, 1.82) is 0 Å². The number of aliphatic carboxylic acids is 1. The number of hydrogen-bond acceptors (Lipinski definition) is 8. The number of carbonyl (C=O) groups excluding carboxylic acids is 4. The Hall–Kier alpha value is -3.52. The zero-order chi connectivity index (χ0) is 22.8. The number of aromatic nitrogens is 2. The fourth-order valence-corrected chi connectivity index (χ4v) is 2.26. The molecule has 10 N–H and O–H groups in total. The van der Waals surface area contributed by atoms with Crippen LogP contribution in [0.4, 0.5) is 0 Å². The Bertz CT molecular complexity index is 768. The van der Waals surface area contributed by atoms with E-state index >= 15 is 0 Å². The molecule has 4 unspecified atom stereocenters. The van der Waals surface area contributed by atoms with Crippen LogP contribution < -0.4 is 27.4 Å². The molecule has 1 aromatic rings. The van der Waals surface area contributed by atoms with Crippen LogP contribution in [0.2, 0.25) is 0 Å². The van der Waals surface area contributed by atoms with Gasteiger partial charge in [-0.2, -0.15) is 0 Å². The maximum Gasteiger partial charge on any atom is 0.326 e. The van der Waals surface area contributed by atoms with Gasteiger partial charge in [0.1, 0.15) is 24.2 Å². The Kier molecular flexibility index (Phi) is 9.38. The Balaban J connectivity index is 2.90. The van der Waals surface area contributed by atoms with Gasteiger partial charge in [-0.1, -0.05) is 0 Å². The molecule has 0 aliphatic rings. The highest BCUT2D eigenvalue weighted by atomic mass is 16.4. The van der Waals surface area contributed by atoms with Crippen molar-refractivity contribution in [3.8, 4) is 0 Å². The zero-order valence-electron chi connectivity index (χ0n) is 16.1. The van der Waals surface area contributed by atoms with Crippen LogP contribution in [0, 0.1) is 0 Å². The molecular formula is C16H25N7O7. The van der Waals surface area contributed by atoms with Gasteiger partial charge in [0.2, 0.25) is 23.6 Å². The van der Waals surface area contributed by atoms with Crippen molar-refractivity contribution >= 4 is 29.6 Å². The number of aliphatic hydroxyl groups excluding tert-OH is 1. The number of rotatable bonds is 12. The number of primary amides is 1. The number of hydrogen-bond donors (Lipinski definition) is 8. The molecule has 0 aliphatic carbocycles. The van der Waals surface area contributed by atoms with Gasteiger partial charge in [0, 0.05) is 18.3 Å². The van der Waals surface area contributed by atoms with E-state index in [1.54, 1.807) is 0 Å². The van der Waals surface area contributed by atoms with Gasteiger partial charge < -0.3 is 42.6 Å². The first-order chi connectivity index (χ1) is 14.0. The number of carboxylic acids is 1. The van der Waals surface area contributed by atoms with E-state index in [0.29, 0.717) is 5.69 Å². The molecule has 0 radical (unpaired) electrons. The summed E-state index contributed by atoms with van der Waals surface area (Å²) in [5, 5.41) is 24.8. The van der Waals surface area contributed by atoms with Crippen LogP contribution in [-0.2, 0) is 30.4 Å². The Morgan fingerprint density at radius 3 is 2.23 bits per heavy atom. The molecule has 0 aliphatic heterocycles. The van der Waals surface area contributed by atoms with Crippen molar-refractivity contribution in [2.75, 3.05) is 6.61 Å². The maximum absolute atomic E-state index is 12.6. The molecule has 1 heterocycles. The van der Waals surface area contributed by atoms with E-state index in [9.17, 15) is 24.0 Å².